The number of carboxylic acid groups (broad SMARTS) is 1. The molecule has 2 aromatic carbocycles. The van der Waals surface area contributed by atoms with Crippen LogP contribution >= 0.6 is 27.5 Å². The van der Waals surface area contributed by atoms with E-state index in [1.807, 2.05) is 25.1 Å². The number of carbonyl (C=O) groups excluding carboxylic acids is 1. The lowest BCUT2D eigenvalue weighted by Gasteiger charge is -2.23. The van der Waals surface area contributed by atoms with Crippen LogP contribution in [0.15, 0.2) is 53.0 Å². The molecule has 0 aliphatic carbocycles. The fourth-order valence-corrected chi connectivity index (χ4v) is 3.13. The number of carboxylic acids is 1. The normalized spacial score (nSPS) is 14.4. The molecule has 132 valence electrons. The van der Waals surface area contributed by atoms with Gasteiger partial charge in [0, 0.05) is 15.4 Å². The largest absolute Gasteiger partial charge is 0.479 e. The minimum absolute atomic E-state index is 0.145. The highest BCUT2D eigenvalue weighted by Gasteiger charge is 2.28. The molecule has 0 spiro atoms. The quantitative estimate of drug-likeness (QED) is 0.701. The summed E-state index contributed by atoms with van der Waals surface area (Å²) in [4.78, 5) is 24.2. The van der Waals surface area contributed by atoms with Crippen molar-refractivity contribution >= 4 is 39.4 Å². The maximum atomic E-state index is 12.6. The summed E-state index contributed by atoms with van der Waals surface area (Å²) in [5, 5.41) is 12.7. The Hall–Kier alpha value is -1.85. The van der Waals surface area contributed by atoms with Gasteiger partial charge in [0.1, 0.15) is 0 Å². The van der Waals surface area contributed by atoms with Gasteiger partial charge >= 0.3 is 5.97 Å². The van der Waals surface area contributed by atoms with E-state index in [2.05, 4.69) is 21.2 Å². The lowest BCUT2D eigenvalue weighted by atomic mass is 9.88. The first-order valence-electron chi connectivity index (χ1n) is 7.84. The van der Waals surface area contributed by atoms with Gasteiger partial charge in [-0.15, -0.1) is 0 Å². The summed E-state index contributed by atoms with van der Waals surface area (Å²) in [6, 6.07) is 13.1. The SMILES string of the molecule is CC(C(=O)NC(C(=O)O)c1ccc(Br)cc1)C(C)c1ccccc1Cl. The van der Waals surface area contributed by atoms with E-state index in [0.717, 1.165) is 10.0 Å². The molecule has 0 aromatic heterocycles. The van der Waals surface area contributed by atoms with E-state index in [0.29, 0.717) is 10.6 Å². The lowest BCUT2D eigenvalue weighted by Crippen LogP contribution is -2.38. The van der Waals surface area contributed by atoms with Gasteiger partial charge in [-0.25, -0.2) is 4.79 Å². The van der Waals surface area contributed by atoms with Crippen molar-refractivity contribution in [1.29, 1.82) is 0 Å². The van der Waals surface area contributed by atoms with Crippen molar-refractivity contribution in [3.05, 3.63) is 69.2 Å². The van der Waals surface area contributed by atoms with Crippen LogP contribution in [0.3, 0.4) is 0 Å². The molecule has 0 heterocycles. The van der Waals surface area contributed by atoms with Crippen molar-refractivity contribution in [2.45, 2.75) is 25.8 Å². The van der Waals surface area contributed by atoms with E-state index in [-0.39, 0.29) is 11.8 Å². The summed E-state index contributed by atoms with van der Waals surface area (Å²) in [6.45, 7) is 3.67. The third kappa shape index (κ3) is 4.83. The molecule has 0 aliphatic rings. The van der Waals surface area contributed by atoms with E-state index in [4.69, 9.17) is 11.6 Å². The number of benzene rings is 2. The summed E-state index contributed by atoms with van der Waals surface area (Å²) in [5.74, 6) is -2.01. The molecule has 25 heavy (non-hydrogen) atoms. The summed E-state index contributed by atoms with van der Waals surface area (Å²) in [5.41, 5.74) is 1.38. The summed E-state index contributed by atoms with van der Waals surface area (Å²) < 4.78 is 0.840. The number of nitrogens with one attached hydrogen (secondary N) is 1. The van der Waals surface area contributed by atoms with Gasteiger partial charge in [-0.3, -0.25) is 4.79 Å². The van der Waals surface area contributed by atoms with Crippen LogP contribution in [0.2, 0.25) is 5.02 Å². The van der Waals surface area contributed by atoms with Crippen molar-refractivity contribution < 1.29 is 14.7 Å². The average Bonchev–Trinajstić information content (AvgIpc) is 2.59. The zero-order valence-electron chi connectivity index (χ0n) is 13.9. The van der Waals surface area contributed by atoms with Crippen LogP contribution in [0.25, 0.3) is 0 Å². The first-order valence-corrected chi connectivity index (χ1v) is 9.01. The summed E-state index contributed by atoms with van der Waals surface area (Å²) in [6.07, 6.45) is 0. The second-order valence-corrected chi connectivity index (χ2v) is 7.25. The topological polar surface area (TPSA) is 66.4 Å². The predicted octanol–water partition coefficient (Wildman–Crippen LogP) is 4.78. The van der Waals surface area contributed by atoms with Gasteiger partial charge in [-0.2, -0.15) is 0 Å². The monoisotopic (exact) mass is 423 g/mol. The molecule has 0 aliphatic heterocycles. The van der Waals surface area contributed by atoms with Gasteiger partial charge in [-0.1, -0.05) is 71.7 Å². The standard InChI is InChI=1S/C19H19BrClNO3/c1-11(15-5-3-4-6-16(15)21)12(2)18(23)22-17(19(24)25)13-7-9-14(20)10-8-13/h3-12,17H,1-2H3,(H,22,23)(H,24,25). The molecule has 0 saturated carbocycles. The Kier molecular flexibility index (Phi) is 6.62. The zero-order chi connectivity index (χ0) is 18.6. The second kappa shape index (κ2) is 8.50. The van der Waals surface area contributed by atoms with Gasteiger partial charge in [0.25, 0.3) is 0 Å². The van der Waals surface area contributed by atoms with E-state index in [1.165, 1.54) is 0 Å². The number of aliphatic carboxylic acids is 1. The fraction of sp³-hybridized carbons (Fsp3) is 0.263. The molecule has 0 radical (unpaired) electrons. The Morgan fingerprint density at radius 1 is 1.08 bits per heavy atom. The molecule has 4 nitrogen and oxygen atoms in total. The van der Waals surface area contributed by atoms with Crippen LogP contribution in [0, 0.1) is 5.92 Å². The first kappa shape index (κ1) is 19.5. The molecular formula is C19H19BrClNO3. The van der Waals surface area contributed by atoms with Gasteiger partial charge in [0.15, 0.2) is 6.04 Å². The molecule has 0 bridgehead atoms. The molecule has 6 heteroatoms. The number of rotatable bonds is 6. The molecule has 0 saturated heterocycles. The molecule has 2 N–H and O–H groups in total. The maximum Gasteiger partial charge on any atom is 0.330 e. The maximum absolute atomic E-state index is 12.6. The molecule has 2 aromatic rings. The number of amides is 1. The van der Waals surface area contributed by atoms with E-state index >= 15 is 0 Å². The van der Waals surface area contributed by atoms with Crippen molar-refractivity contribution in [3.63, 3.8) is 0 Å². The molecule has 3 unspecified atom stereocenters. The molecular weight excluding hydrogens is 406 g/mol. The predicted molar refractivity (Wildman–Crippen MR) is 102 cm³/mol. The molecule has 0 fully saturated rings. The third-order valence-corrected chi connectivity index (χ3v) is 5.17. The highest BCUT2D eigenvalue weighted by Crippen LogP contribution is 2.30. The second-order valence-electron chi connectivity index (χ2n) is 5.93. The zero-order valence-corrected chi connectivity index (χ0v) is 16.2. The molecule has 3 atom stereocenters. The number of hydrogen-bond acceptors (Lipinski definition) is 2. The smallest absolute Gasteiger partial charge is 0.330 e. The summed E-state index contributed by atoms with van der Waals surface area (Å²) >= 11 is 9.51. The van der Waals surface area contributed by atoms with Crippen LogP contribution < -0.4 is 5.32 Å². The van der Waals surface area contributed by atoms with Crippen LogP contribution in [0.5, 0.6) is 0 Å². The average molecular weight is 425 g/mol. The Bertz CT molecular complexity index is 764. The Balaban J connectivity index is 2.16. The fourth-order valence-electron chi connectivity index (χ4n) is 2.56. The number of halogens is 2. The van der Waals surface area contributed by atoms with Gasteiger partial charge in [0.2, 0.25) is 5.91 Å². The minimum Gasteiger partial charge on any atom is -0.479 e. The number of hydrogen-bond donors (Lipinski definition) is 2. The van der Waals surface area contributed by atoms with Crippen molar-refractivity contribution in [2.75, 3.05) is 0 Å². The van der Waals surface area contributed by atoms with E-state index in [9.17, 15) is 14.7 Å². The van der Waals surface area contributed by atoms with E-state index in [1.54, 1.807) is 37.3 Å². The van der Waals surface area contributed by atoms with Gasteiger partial charge in [-0.05, 0) is 35.2 Å². The number of carbonyl (C=O) groups is 2. The van der Waals surface area contributed by atoms with E-state index < -0.39 is 17.9 Å². The van der Waals surface area contributed by atoms with Crippen molar-refractivity contribution in [2.24, 2.45) is 5.92 Å². The Morgan fingerprint density at radius 3 is 2.24 bits per heavy atom. The Labute approximate surface area is 160 Å². The molecule has 2 rings (SSSR count). The van der Waals surface area contributed by atoms with Crippen LogP contribution in [-0.2, 0) is 9.59 Å². The third-order valence-electron chi connectivity index (χ3n) is 4.30. The highest BCUT2D eigenvalue weighted by molar-refractivity contribution is 9.10. The lowest BCUT2D eigenvalue weighted by molar-refractivity contribution is -0.142. The Morgan fingerprint density at radius 2 is 1.68 bits per heavy atom. The van der Waals surface area contributed by atoms with Gasteiger partial charge in [0.05, 0.1) is 0 Å². The minimum atomic E-state index is -1.10. The first-order chi connectivity index (χ1) is 11.8. The van der Waals surface area contributed by atoms with Gasteiger partial charge < -0.3 is 10.4 Å². The highest BCUT2D eigenvalue weighted by atomic mass is 79.9. The van der Waals surface area contributed by atoms with Crippen LogP contribution in [0.1, 0.15) is 36.9 Å². The van der Waals surface area contributed by atoms with Crippen LogP contribution in [-0.4, -0.2) is 17.0 Å². The summed E-state index contributed by atoms with van der Waals surface area (Å²) in [7, 11) is 0. The molecule has 1 amide bonds. The van der Waals surface area contributed by atoms with Crippen molar-refractivity contribution in [3.8, 4) is 0 Å². The van der Waals surface area contributed by atoms with Crippen molar-refractivity contribution in [1.82, 2.24) is 5.32 Å². The van der Waals surface area contributed by atoms with Crippen LogP contribution in [0.4, 0.5) is 0 Å².